The van der Waals surface area contributed by atoms with Gasteiger partial charge in [-0.15, -0.1) is 0 Å². The fourth-order valence-corrected chi connectivity index (χ4v) is 1.66. The summed E-state index contributed by atoms with van der Waals surface area (Å²) in [7, 11) is 1.88. The summed E-state index contributed by atoms with van der Waals surface area (Å²) in [6.45, 7) is 4.46. The molecule has 0 radical (unpaired) electrons. The summed E-state index contributed by atoms with van der Waals surface area (Å²) >= 11 is 0. The average molecular weight is 207 g/mol. The van der Waals surface area contributed by atoms with E-state index in [1.54, 1.807) is 0 Å². The van der Waals surface area contributed by atoms with Crippen LogP contribution in [0.4, 0.5) is 0 Å². The number of hydrazine groups is 1. The van der Waals surface area contributed by atoms with E-state index in [0.29, 0.717) is 5.92 Å². The van der Waals surface area contributed by atoms with Crippen LogP contribution >= 0.6 is 0 Å². The molecule has 84 valence electrons. The monoisotopic (exact) mass is 207 g/mol. The van der Waals surface area contributed by atoms with Crippen LogP contribution in [0.25, 0.3) is 0 Å². The van der Waals surface area contributed by atoms with Crippen molar-refractivity contribution in [3.63, 3.8) is 0 Å². The SMILES string of the molecule is CNC(NN)c1ccc(CC(C)C)cc1. The normalized spacial score (nSPS) is 13.1. The van der Waals surface area contributed by atoms with E-state index >= 15 is 0 Å². The zero-order valence-corrected chi connectivity index (χ0v) is 9.75. The maximum atomic E-state index is 5.42. The van der Waals surface area contributed by atoms with Crippen molar-refractivity contribution < 1.29 is 0 Å². The van der Waals surface area contributed by atoms with Crippen LogP contribution < -0.4 is 16.6 Å². The lowest BCUT2D eigenvalue weighted by Gasteiger charge is -2.15. The lowest BCUT2D eigenvalue weighted by molar-refractivity contribution is 0.488. The molecule has 1 aromatic carbocycles. The van der Waals surface area contributed by atoms with Crippen molar-refractivity contribution in [2.24, 2.45) is 11.8 Å². The molecule has 0 spiro atoms. The second-order valence-electron chi connectivity index (χ2n) is 4.23. The second-order valence-corrected chi connectivity index (χ2v) is 4.23. The van der Waals surface area contributed by atoms with E-state index in [4.69, 9.17) is 5.84 Å². The van der Waals surface area contributed by atoms with Crippen molar-refractivity contribution in [2.45, 2.75) is 26.4 Å². The minimum Gasteiger partial charge on any atom is -0.300 e. The lowest BCUT2D eigenvalue weighted by Crippen LogP contribution is -2.36. The van der Waals surface area contributed by atoms with Gasteiger partial charge in [-0.3, -0.25) is 5.84 Å². The molecule has 3 nitrogen and oxygen atoms in total. The molecule has 15 heavy (non-hydrogen) atoms. The zero-order chi connectivity index (χ0) is 11.3. The van der Waals surface area contributed by atoms with E-state index in [1.165, 1.54) is 5.56 Å². The summed E-state index contributed by atoms with van der Waals surface area (Å²) in [5.41, 5.74) is 5.25. The van der Waals surface area contributed by atoms with Crippen molar-refractivity contribution in [3.05, 3.63) is 35.4 Å². The highest BCUT2D eigenvalue weighted by molar-refractivity contribution is 5.24. The van der Waals surface area contributed by atoms with Crippen molar-refractivity contribution in [1.29, 1.82) is 0 Å². The van der Waals surface area contributed by atoms with Crippen LogP contribution in [-0.2, 0) is 6.42 Å². The Morgan fingerprint density at radius 1 is 1.20 bits per heavy atom. The van der Waals surface area contributed by atoms with Gasteiger partial charge in [-0.1, -0.05) is 38.1 Å². The molecular formula is C12H21N3. The number of nitrogens with one attached hydrogen (secondary N) is 2. The highest BCUT2D eigenvalue weighted by Crippen LogP contribution is 2.13. The molecule has 1 atom stereocenters. The van der Waals surface area contributed by atoms with Gasteiger partial charge >= 0.3 is 0 Å². The van der Waals surface area contributed by atoms with Gasteiger partial charge in [0.25, 0.3) is 0 Å². The molecule has 0 saturated heterocycles. The van der Waals surface area contributed by atoms with Gasteiger partial charge < -0.3 is 5.32 Å². The van der Waals surface area contributed by atoms with E-state index in [0.717, 1.165) is 12.0 Å². The highest BCUT2D eigenvalue weighted by atomic mass is 15.3. The molecule has 0 aliphatic rings. The van der Waals surface area contributed by atoms with Gasteiger partial charge in [0, 0.05) is 0 Å². The Morgan fingerprint density at radius 3 is 2.20 bits per heavy atom. The first-order valence-corrected chi connectivity index (χ1v) is 5.39. The number of rotatable bonds is 5. The summed E-state index contributed by atoms with van der Waals surface area (Å²) in [4.78, 5) is 0. The summed E-state index contributed by atoms with van der Waals surface area (Å²) in [6.07, 6.45) is 1.15. The van der Waals surface area contributed by atoms with Crippen molar-refractivity contribution in [1.82, 2.24) is 10.7 Å². The third-order valence-corrected chi connectivity index (χ3v) is 2.41. The minimum absolute atomic E-state index is 0.0260. The summed E-state index contributed by atoms with van der Waals surface area (Å²) in [5.74, 6) is 6.12. The number of hydrogen-bond acceptors (Lipinski definition) is 3. The number of nitrogens with two attached hydrogens (primary N) is 1. The van der Waals surface area contributed by atoms with Gasteiger partial charge in [-0.2, -0.15) is 0 Å². The maximum absolute atomic E-state index is 5.42. The molecule has 0 heterocycles. The Bertz CT molecular complexity index is 275. The maximum Gasteiger partial charge on any atom is 0.0958 e. The van der Waals surface area contributed by atoms with Gasteiger partial charge in [0.1, 0.15) is 0 Å². The van der Waals surface area contributed by atoms with Crippen molar-refractivity contribution in [3.8, 4) is 0 Å². The van der Waals surface area contributed by atoms with Gasteiger partial charge in [0.15, 0.2) is 0 Å². The molecule has 0 amide bonds. The molecule has 0 aliphatic carbocycles. The Balaban J connectivity index is 2.71. The largest absolute Gasteiger partial charge is 0.300 e. The first-order valence-electron chi connectivity index (χ1n) is 5.39. The van der Waals surface area contributed by atoms with Gasteiger partial charge in [-0.05, 0) is 30.5 Å². The van der Waals surface area contributed by atoms with Gasteiger partial charge in [0.05, 0.1) is 6.17 Å². The Labute approximate surface area is 92.0 Å². The lowest BCUT2D eigenvalue weighted by atomic mass is 10.0. The molecule has 4 N–H and O–H groups in total. The fraction of sp³-hybridized carbons (Fsp3) is 0.500. The zero-order valence-electron chi connectivity index (χ0n) is 9.75. The summed E-state index contributed by atoms with van der Waals surface area (Å²) in [6, 6.07) is 8.55. The molecule has 0 fully saturated rings. The summed E-state index contributed by atoms with van der Waals surface area (Å²) in [5, 5.41) is 3.09. The molecular weight excluding hydrogens is 186 g/mol. The standard InChI is InChI=1S/C12H21N3/c1-9(2)8-10-4-6-11(7-5-10)12(14-3)15-13/h4-7,9,12,14-15H,8,13H2,1-3H3. The molecule has 1 unspecified atom stereocenters. The Morgan fingerprint density at radius 2 is 1.80 bits per heavy atom. The van der Waals surface area contributed by atoms with Crippen LogP contribution in [0.5, 0.6) is 0 Å². The van der Waals surface area contributed by atoms with Gasteiger partial charge in [0.2, 0.25) is 0 Å². The molecule has 0 bridgehead atoms. The summed E-state index contributed by atoms with van der Waals surface area (Å²) < 4.78 is 0. The molecule has 0 aromatic heterocycles. The Kier molecular flexibility index (Phi) is 4.75. The molecule has 0 aliphatic heterocycles. The third kappa shape index (κ3) is 3.63. The highest BCUT2D eigenvalue weighted by Gasteiger charge is 2.05. The Hall–Kier alpha value is -0.900. The van der Waals surface area contributed by atoms with E-state index in [-0.39, 0.29) is 6.17 Å². The number of benzene rings is 1. The third-order valence-electron chi connectivity index (χ3n) is 2.41. The fourth-order valence-electron chi connectivity index (χ4n) is 1.66. The van der Waals surface area contributed by atoms with Crippen LogP contribution in [0, 0.1) is 5.92 Å². The minimum atomic E-state index is 0.0260. The van der Waals surface area contributed by atoms with E-state index in [9.17, 15) is 0 Å². The second kappa shape index (κ2) is 5.85. The molecule has 1 rings (SSSR count). The van der Waals surface area contributed by atoms with Crippen molar-refractivity contribution >= 4 is 0 Å². The predicted molar refractivity (Wildman–Crippen MR) is 64.1 cm³/mol. The first-order chi connectivity index (χ1) is 7.17. The van der Waals surface area contributed by atoms with Crippen LogP contribution in [-0.4, -0.2) is 7.05 Å². The van der Waals surface area contributed by atoms with Crippen molar-refractivity contribution in [2.75, 3.05) is 7.05 Å². The van der Waals surface area contributed by atoms with Crippen LogP contribution in [0.2, 0.25) is 0 Å². The molecule has 1 aromatic rings. The average Bonchev–Trinajstić information content (AvgIpc) is 2.21. The van der Waals surface area contributed by atoms with E-state index < -0.39 is 0 Å². The topological polar surface area (TPSA) is 50.1 Å². The van der Waals surface area contributed by atoms with E-state index in [1.807, 2.05) is 7.05 Å². The molecule has 0 saturated carbocycles. The predicted octanol–water partition coefficient (Wildman–Crippen LogP) is 1.57. The van der Waals surface area contributed by atoms with Gasteiger partial charge in [-0.25, -0.2) is 5.43 Å². The van der Waals surface area contributed by atoms with Crippen LogP contribution in [0.15, 0.2) is 24.3 Å². The van der Waals surface area contributed by atoms with Crippen LogP contribution in [0.3, 0.4) is 0 Å². The van der Waals surface area contributed by atoms with E-state index in [2.05, 4.69) is 48.9 Å². The van der Waals surface area contributed by atoms with Crippen LogP contribution in [0.1, 0.15) is 31.1 Å². The quantitative estimate of drug-likeness (QED) is 0.390. The first kappa shape index (κ1) is 12.2. The molecule has 3 heteroatoms. The smallest absolute Gasteiger partial charge is 0.0958 e. The number of hydrogen-bond donors (Lipinski definition) is 3.